The Morgan fingerprint density at radius 2 is 1.80 bits per heavy atom. The van der Waals surface area contributed by atoms with E-state index >= 15 is 0 Å². The summed E-state index contributed by atoms with van der Waals surface area (Å²) in [6.45, 7) is 1.84. The zero-order valence-electron chi connectivity index (χ0n) is 11.8. The van der Waals surface area contributed by atoms with Crippen molar-refractivity contribution in [3.63, 3.8) is 0 Å². The summed E-state index contributed by atoms with van der Waals surface area (Å²) in [5.41, 5.74) is 1.71. The molecule has 0 bridgehead atoms. The van der Waals surface area contributed by atoms with E-state index in [9.17, 15) is 13.2 Å². The highest BCUT2D eigenvalue weighted by Gasteiger charge is 2.02. The Kier molecular flexibility index (Phi) is 6.63. The highest BCUT2D eigenvalue weighted by Crippen LogP contribution is 2.04. The van der Waals surface area contributed by atoms with Crippen molar-refractivity contribution in [3.05, 3.63) is 35.4 Å². The number of nitrogens with one attached hydrogen (secondary N) is 3. The van der Waals surface area contributed by atoms with Crippen molar-refractivity contribution in [2.75, 3.05) is 26.4 Å². The van der Waals surface area contributed by atoms with Crippen LogP contribution in [0.1, 0.15) is 22.3 Å². The van der Waals surface area contributed by atoms with Crippen molar-refractivity contribution in [1.82, 2.24) is 15.4 Å². The van der Waals surface area contributed by atoms with Gasteiger partial charge in [-0.2, -0.15) is 0 Å². The molecule has 0 saturated heterocycles. The maximum Gasteiger partial charge on any atom is 0.251 e. The fraction of sp³-hybridized carbons (Fsp3) is 0.462. The summed E-state index contributed by atoms with van der Waals surface area (Å²) in [5, 5.41) is 5.78. The third kappa shape index (κ3) is 6.65. The van der Waals surface area contributed by atoms with Gasteiger partial charge in [0.05, 0.1) is 6.26 Å². The van der Waals surface area contributed by atoms with Crippen LogP contribution in [0.15, 0.2) is 24.3 Å². The minimum atomic E-state index is -3.09. The van der Waals surface area contributed by atoms with Crippen LogP contribution >= 0.6 is 0 Å². The van der Waals surface area contributed by atoms with E-state index in [2.05, 4.69) is 15.4 Å². The number of rotatable bonds is 8. The zero-order valence-corrected chi connectivity index (χ0v) is 12.6. The minimum Gasteiger partial charge on any atom is -0.355 e. The summed E-state index contributed by atoms with van der Waals surface area (Å²) in [4.78, 5) is 11.4. The van der Waals surface area contributed by atoms with E-state index in [1.54, 1.807) is 19.2 Å². The Morgan fingerprint density at radius 3 is 2.35 bits per heavy atom. The van der Waals surface area contributed by atoms with Gasteiger partial charge in [-0.1, -0.05) is 12.1 Å². The lowest BCUT2D eigenvalue weighted by atomic mass is 10.1. The second-order valence-corrected chi connectivity index (χ2v) is 6.31. The smallest absolute Gasteiger partial charge is 0.251 e. The number of amides is 1. The monoisotopic (exact) mass is 299 g/mol. The average molecular weight is 299 g/mol. The highest BCUT2D eigenvalue weighted by molar-refractivity contribution is 7.88. The first-order chi connectivity index (χ1) is 9.42. The Hall–Kier alpha value is -1.44. The molecule has 0 atom stereocenters. The SMILES string of the molecule is CNC(=O)c1ccc(CNCCCNS(C)(=O)=O)cc1. The lowest BCUT2D eigenvalue weighted by Crippen LogP contribution is -2.26. The molecule has 6 nitrogen and oxygen atoms in total. The van der Waals surface area contributed by atoms with Gasteiger partial charge in [0.15, 0.2) is 0 Å². The second kappa shape index (κ2) is 7.98. The molecule has 1 aromatic carbocycles. The van der Waals surface area contributed by atoms with Crippen molar-refractivity contribution < 1.29 is 13.2 Å². The van der Waals surface area contributed by atoms with Crippen molar-refractivity contribution in [1.29, 1.82) is 0 Å². The van der Waals surface area contributed by atoms with Gasteiger partial charge in [0.25, 0.3) is 5.91 Å². The normalized spacial score (nSPS) is 11.3. The van der Waals surface area contributed by atoms with Gasteiger partial charge in [0.2, 0.25) is 10.0 Å². The number of hydrogen-bond acceptors (Lipinski definition) is 4. The van der Waals surface area contributed by atoms with E-state index in [1.807, 2.05) is 12.1 Å². The van der Waals surface area contributed by atoms with Gasteiger partial charge in [-0.3, -0.25) is 4.79 Å². The largest absolute Gasteiger partial charge is 0.355 e. The van der Waals surface area contributed by atoms with Gasteiger partial charge < -0.3 is 10.6 Å². The summed E-state index contributed by atoms with van der Waals surface area (Å²) in [6, 6.07) is 7.35. The lowest BCUT2D eigenvalue weighted by molar-refractivity contribution is 0.0963. The molecule has 0 spiro atoms. The van der Waals surface area contributed by atoms with Crippen molar-refractivity contribution in [2.24, 2.45) is 0 Å². The number of sulfonamides is 1. The molecule has 0 aliphatic rings. The van der Waals surface area contributed by atoms with Crippen molar-refractivity contribution in [3.8, 4) is 0 Å². The standard InChI is InChI=1S/C13H21N3O3S/c1-14-13(17)12-6-4-11(5-7-12)10-15-8-3-9-16-20(2,18)19/h4-7,15-16H,3,8-10H2,1-2H3,(H,14,17). The highest BCUT2D eigenvalue weighted by atomic mass is 32.2. The zero-order chi connectivity index (χ0) is 15.0. The number of carbonyl (C=O) groups excluding carboxylic acids is 1. The molecule has 1 amide bonds. The van der Waals surface area contributed by atoms with Crippen LogP contribution in [0.2, 0.25) is 0 Å². The molecule has 0 aliphatic heterocycles. The van der Waals surface area contributed by atoms with E-state index in [-0.39, 0.29) is 5.91 Å². The maximum absolute atomic E-state index is 11.4. The molecule has 0 unspecified atom stereocenters. The van der Waals surface area contributed by atoms with Crippen LogP contribution < -0.4 is 15.4 Å². The lowest BCUT2D eigenvalue weighted by Gasteiger charge is -2.06. The van der Waals surface area contributed by atoms with Crippen LogP contribution in [0.4, 0.5) is 0 Å². The molecule has 0 heterocycles. The topological polar surface area (TPSA) is 87.3 Å². The van der Waals surface area contributed by atoms with Crippen LogP contribution in [0.25, 0.3) is 0 Å². The molecule has 1 rings (SSSR count). The van der Waals surface area contributed by atoms with Gasteiger partial charge >= 0.3 is 0 Å². The molecule has 3 N–H and O–H groups in total. The first-order valence-corrected chi connectivity index (χ1v) is 8.28. The molecule has 0 aromatic heterocycles. The maximum atomic E-state index is 11.4. The van der Waals surface area contributed by atoms with E-state index in [4.69, 9.17) is 0 Å². The predicted octanol–water partition coefficient (Wildman–Crippen LogP) is 0.0751. The van der Waals surface area contributed by atoms with Gasteiger partial charge in [-0.25, -0.2) is 13.1 Å². The second-order valence-electron chi connectivity index (χ2n) is 4.47. The summed E-state index contributed by atoms with van der Waals surface area (Å²) in [6.07, 6.45) is 1.87. The molecular formula is C13H21N3O3S. The number of hydrogen-bond donors (Lipinski definition) is 3. The first kappa shape index (κ1) is 16.6. The predicted molar refractivity (Wildman–Crippen MR) is 79.0 cm³/mol. The van der Waals surface area contributed by atoms with Gasteiger partial charge in [0, 0.05) is 25.7 Å². The van der Waals surface area contributed by atoms with Crippen LogP contribution in [-0.2, 0) is 16.6 Å². The van der Waals surface area contributed by atoms with E-state index in [0.29, 0.717) is 18.7 Å². The Balaban J connectivity index is 2.24. The van der Waals surface area contributed by atoms with E-state index in [0.717, 1.165) is 24.8 Å². The van der Waals surface area contributed by atoms with Crippen molar-refractivity contribution >= 4 is 15.9 Å². The summed E-state index contributed by atoms with van der Waals surface area (Å²) < 4.78 is 24.1. The molecule has 20 heavy (non-hydrogen) atoms. The van der Waals surface area contributed by atoms with E-state index < -0.39 is 10.0 Å². The first-order valence-electron chi connectivity index (χ1n) is 6.39. The third-order valence-corrected chi connectivity index (χ3v) is 3.40. The summed E-state index contributed by atoms with van der Waals surface area (Å²) in [7, 11) is -1.50. The Bertz CT molecular complexity index is 526. The van der Waals surface area contributed by atoms with Gasteiger partial charge in [-0.05, 0) is 30.7 Å². The molecule has 0 saturated carbocycles. The number of benzene rings is 1. The summed E-state index contributed by atoms with van der Waals surface area (Å²) in [5.74, 6) is -0.101. The van der Waals surface area contributed by atoms with Gasteiger partial charge in [0.1, 0.15) is 0 Å². The van der Waals surface area contributed by atoms with Crippen LogP contribution in [0, 0.1) is 0 Å². The van der Waals surface area contributed by atoms with Crippen LogP contribution in [0.3, 0.4) is 0 Å². The molecule has 112 valence electrons. The molecule has 0 fully saturated rings. The average Bonchev–Trinajstić information content (AvgIpc) is 2.41. The summed E-state index contributed by atoms with van der Waals surface area (Å²) >= 11 is 0. The Morgan fingerprint density at radius 1 is 1.15 bits per heavy atom. The van der Waals surface area contributed by atoms with E-state index in [1.165, 1.54) is 0 Å². The van der Waals surface area contributed by atoms with Gasteiger partial charge in [-0.15, -0.1) is 0 Å². The minimum absolute atomic E-state index is 0.101. The molecule has 0 radical (unpaired) electrons. The third-order valence-electron chi connectivity index (χ3n) is 2.67. The van der Waals surface area contributed by atoms with Crippen LogP contribution in [-0.4, -0.2) is 40.7 Å². The molecule has 7 heteroatoms. The molecular weight excluding hydrogens is 278 g/mol. The quantitative estimate of drug-likeness (QED) is 0.593. The Labute approximate surface area is 120 Å². The fourth-order valence-corrected chi connectivity index (χ4v) is 2.14. The van der Waals surface area contributed by atoms with Crippen molar-refractivity contribution in [2.45, 2.75) is 13.0 Å². The van der Waals surface area contributed by atoms with Crippen LogP contribution in [0.5, 0.6) is 0 Å². The molecule has 1 aromatic rings. The number of carbonyl (C=O) groups is 1. The fourth-order valence-electron chi connectivity index (χ4n) is 1.62. The molecule has 0 aliphatic carbocycles.